The van der Waals surface area contributed by atoms with Gasteiger partial charge in [0.15, 0.2) is 23.3 Å². The van der Waals surface area contributed by atoms with E-state index in [1.54, 1.807) is 11.3 Å². The predicted octanol–water partition coefficient (Wildman–Crippen LogP) is 10.4. The number of thiophene rings is 1. The van der Waals surface area contributed by atoms with Crippen LogP contribution < -0.4 is 0 Å². The third kappa shape index (κ3) is 5.52. The van der Waals surface area contributed by atoms with Crippen LogP contribution in [0.15, 0.2) is 158 Å². The van der Waals surface area contributed by atoms with Gasteiger partial charge in [-0.3, -0.25) is 0 Å². The predicted molar refractivity (Wildman–Crippen MR) is 199 cm³/mol. The molecule has 0 N–H and O–H groups in total. The molecule has 0 fully saturated rings. The largest absolute Gasteiger partial charge is 0.245 e. The summed E-state index contributed by atoms with van der Waals surface area (Å²) in [6.07, 6.45) is 1.94. The van der Waals surface area contributed by atoms with Crippen molar-refractivity contribution in [2.75, 3.05) is 0 Å². The Bertz CT molecular complexity index is 2510. The maximum Gasteiger partial charge on any atom is 0.164 e. The Hall–Kier alpha value is -6.44. The van der Waals surface area contributed by atoms with Crippen LogP contribution in [-0.2, 0) is 0 Å². The van der Waals surface area contributed by atoms with E-state index in [9.17, 15) is 0 Å². The van der Waals surface area contributed by atoms with E-state index in [0.717, 1.165) is 65.1 Å². The molecule has 4 heterocycles. The summed E-state index contributed by atoms with van der Waals surface area (Å²) in [5.74, 6) is 2.50. The second kappa shape index (κ2) is 12.3. The first-order valence-electron chi connectivity index (χ1n) is 16.0. The van der Waals surface area contributed by atoms with Gasteiger partial charge in [-0.25, -0.2) is 29.9 Å². The Morgan fingerprint density at radius 3 is 1.31 bits per heavy atom. The molecular weight excluding hydrogens is 621 g/mol. The van der Waals surface area contributed by atoms with Gasteiger partial charge in [0.2, 0.25) is 0 Å². The van der Waals surface area contributed by atoms with Gasteiger partial charge >= 0.3 is 0 Å². The number of nitrogens with zero attached hydrogens (tertiary/aromatic N) is 6. The first kappa shape index (κ1) is 28.8. The molecule has 0 saturated heterocycles. The van der Waals surface area contributed by atoms with Crippen LogP contribution in [0.4, 0.5) is 0 Å². The molecule has 5 aromatic carbocycles. The van der Waals surface area contributed by atoms with Gasteiger partial charge in [0.25, 0.3) is 0 Å². The molecule has 230 valence electrons. The van der Waals surface area contributed by atoms with E-state index in [0.29, 0.717) is 23.3 Å². The van der Waals surface area contributed by atoms with E-state index in [2.05, 4.69) is 30.3 Å². The van der Waals surface area contributed by atoms with Gasteiger partial charge in [0, 0.05) is 45.0 Å². The number of hydrogen-bond donors (Lipinski definition) is 0. The van der Waals surface area contributed by atoms with Gasteiger partial charge in [0.1, 0.15) is 4.83 Å². The molecule has 0 aliphatic carbocycles. The minimum atomic E-state index is 0.601. The highest BCUT2D eigenvalue weighted by molar-refractivity contribution is 7.25. The lowest BCUT2D eigenvalue weighted by Gasteiger charge is -2.10. The van der Waals surface area contributed by atoms with Crippen LogP contribution >= 0.6 is 11.3 Å². The van der Waals surface area contributed by atoms with Gasteiger partial charge in [-0.2, -0.15) is 0 Å². The van der Waals surface area contributed by atoms with E-state index in [4.69, 9.17) is 29.9 Å². The number of benzene rings is 5. The molecule has 0 aliphatic rings. The van der Waals surface area contributed by atoms with Crippen molar-refractivity contribution in [3.8, 4) is 67.9 Å². The highest BCUT2D eigenvalue weighted by Crippen LogP contribution is 2.40. The molecule has 0 saturated carbocycles. The summed E-state index contributed by atoms with van der Waals surface area (Å²) in [6.45, 7) is 0. The monoisotopic (exact) mass is 646 g/mol. The fourth-order valence-electron chi connectivity index (χ4n) is 5.94. The molecule has 0 atom stereocenters. The van der Waals surface area contributed by atoms with Crippen LogP contribution in [0.5, 0.6) is 0 Å². The van der Waals surface area contributed by atoms with Crippen LogP contribution in [0.3, 0.4) is 0 Å². The lowest BCUT2D eigenvalue weighted by molar-refractivity contribution is 1.07. The first-order chi connectivity index (χ1) is 24.3. The van der Waals surface area contributed by atoms with Crippen molar-refractivity contribution in [2.45, 2.75) is 0 Å². The summed E-state index contributed by atoms with van der Waals surface area (Å²) < 4.78 is 1.02. The molecule has 4 aromatic heterocycles. The van der Waals surface area contributed by atoms with E-state index in [-0.39, 0.29) is 0 Å². The standard InChI is InChI=1S/C42H26N6S/c1-5-13-27(14-6-1)33-25-34-36-37(49-42(34)43-26-33)35(28-15-7-2-8-16-28)44-38(45-36)31-21-23-32(24-22-31)41-47-39(29-17-9-3-10-18-29)46-40(48-41)30-19-11-4-12-20-30/h1-26H. The molecule has 0 amide bonds. The van der Waals surface area contributed by atoms with Crippen molar-refractivity contribution >= 4 is 31.8 Å². The highest BCUT2D eigenvalue weighted by atomic mass is 32.1. The summed E-state index contributed by atoms with van der Waals surface area (Å²) in [6, 6.07) is 51.0. The average molecular weight is 647 g/mol. The SMILES string of the molecule is c1ccc(-c2cnc3sc4c(-c5ccccc5)nc(-c5ccc(-c6nc(-c7ccccc7)nc(-c7ccccc7)n6)cc5)nc4c3c2)cc1. The molecule has 0 bridgehead atoms. The molecule has 0 aliphatic heterocycles. The van der Waals surface area contributed by atoms with Gasteiger partial charge < -0.3 is 0 Å². The Balaban J connectivity index is 1.17. The summed E-state index contributed by atoms with van der Waals surface area (Å²) >= 11 is 1.63. The molecule has 0 radical (unpaired) electrons. The van der Waals surface area contributed by atoms with Crippen LogP contribution in [0, 0.1) is 0 Å². The van der Waals surface area contributed by atoms with Crippen LogP contribution in [-0.4, -0.2) is 29.9 Å². The van der Waals surface area contributed by atoms with Crippen molar-refractivity contribution in [3.05, 3.63) is 158 Å². The van der Waals surface area contributed by atoms with Gasteiger partial charge in [-0.15, -0.1) is 11.3 Å². The number of aromatic nitrogens is 6. The number of rotatable bonds is 6. The normalized spacial score (nSPS) is 11.3. The van der Waals surface area contributed by atoms with Crippen molar-refractivity contribution in [3.63, 3.8) is 0 Å². The number of hydrogen-bond acceptors (Lipinski definition) is 7. The quantitative estimate of drug-likeness (QED) is 0.179. The summed E-state index contributed by atoms with van der Waals surface area (Å²) in [7, 11) is 0. The Morgan fingerprint density at radius 1 is 0.367 bits per heavy atom. The fourth-order valence-corrected chi connectivity index (χ4v) is 7.02. The van der Waals surface area contributed by atoms with Gasteiger partial charge in [-0.05, 0) is 11.6 Å². The summed E-state index contributed by atoms with van der Waals surface area (Å²) in [5, 5.41) is 1.02. The van der Waals surface area contributed by atoms with E-state index in [1.807, 2.05) is 128 Å². The minimum Gasteiger partial charge on any atom is -0.245 e. The highest BCUT2D eigenvalue weighted by Gasteiger charge is 2.18. The zero-order chi connectivity index (χ0) is 32.6. The van der Waals surface area contributed by atoms with Gasteiger partial charge in [0.05, 0.1) is 15.9 Å². The van der Waals surface area contributed by atoms with Crippen LogP contribution in [0.2, 0.25) is 0 Å². The molecule has 0 unspecified atom stereocenters. The van der Waals surface area contributed by atoms with Crippen molar-refractivity contribution in [2.24, 2.45) is 0 Å². The molecule has 0 spiro atoms. The Kier molecular flexibility index (Phi) is 7.22. The first-order valence-corrected chi connectivity index (χ1v) is 16.8. The van der Waals surface area contributed by atoms with Crippen LogP contribution in [0.25, 0.3) is 88.4 Å². The summed E-state index contributed by atoms with van der Waals surface area (Å²) in [5.41, 5.74) is 8.65. The lowest BCUT2D eigenvalue weighted by Crippen LogP contribution is -2.00. The third-order valence-electron chi connectivity index (χ3n) is 8.43. The Morgan fingerprint density at radius 2 is 0.796 bits per heavy atom. The van der Waals surface area contributed by atoms with Crippen molar-refractivity contribution in [1.29, 1.82) is 0 Å². The molecule has 9 aromatic rings. The van der Waals surface area contributed by atoms with Crippen molar-refractivity contribution < 1.29 is 0 Å². The minimum absolute atomic E-state index is 0.601. The molecule has 7 heteroatoms. The number of fused-ring (bicyclic) bond motifs is 3. The molecule has 6 nitrogen and oxygen atoms in total. The van der Waals surface area contributed by atoms with Gasteiger partial charge in [-0.1, -0.05) is 146 Å². The Labute approximate surface area is 286 Å². The second-order valence-electron chi connectivity index (χ2n) is 11.6. The van der Waals surface area contributed by atoms with Crippen LogP contribution in [0.1, 0.15) is 0 Å². The summed E-state index contributed by atoms with van der Waals surface area (Å²) in [4.78, 5) is 30.8. The van der Waals surface area contributed by atoms with E-state index >= 15 is 0 Å². The maximum atomic E-state index is 5.18. The second-order valence-corrected chi connectivity index (χ2v) is 12.6. The molecule has 9 rings (SSSR count). The fraction of sp³-hybridized carbons (Fsp3) is 0. The topological polar surface area (TPSA) is 77.3 Å². The van der Waals surface area contributed by atoms with E-state index in [1.165, 1.54) is 0 Å². The molecule has 49 heavy (non-hydrogen) atoms. The number of pyridine rings is 1. The third-order valence-corrected chi connectivity index (χ3v) is 9.54. The van der Waals surface area contributed by atoms with Crippen molar-refractivity contribution in [1.82, 2.24) is 29.9 Å². The average Bonchev–Trinajstić information content (AvgIpc) is 3.57. The zero-order valence-corrected chi connectivity index (χ0v) is 26.9. The smallest absolute Gasteiger partial charge is 0.164 e. The lowest BCUT2D eigenvalue weighted by atomic mass is 10.1. The maximum absolute atomic E-state index is 5.18. The zero-order valence-electron chi connectivity index (χ0n) is 26.1. The molecular formula is C42H26N6S. The van der Waals surface area contributed by atoms with E-state index < -0.39 is 0 Å².